The summed E-state index contributed by atoms with van der Waals surface area (Å²) in [5.74, 6) is 0.0327. The highest BCUT2D eigenvalue weighted by Gasteiger charge is 2.25. The van der Waals surface area contributed by atoms with Crippen molar-refractivity contribution in [1.82, 2.24) is 0 Å². The van der Waals surface area contributed by atoms with Crippen molar-refractivity contribution in [2.75, 3.05) is 13.2 Å². The Morgan fingerprint density at radius 3 is 2.29 bits per heavy atom. The molecule has 0 aliphatic carbocycles. The van der Waals surface area contributed by atoms with Gasteiger partial charge >= 0.3 is 5.97 Å². The van der Waals surface area contributed by atoms with Gasteiger partial charge in [-0.1, -0.05) is 20.3 Å². The van der Waals surface area contributed by atoms with Crippen LogP contribution in [0.1, 0.15) is 59.8 Å². The molecule has 0 aromatic rings. The molecule has 0 bridgehead atoms. The molecule has 17 heavy (non-hydrogen) atoms. The summed E-state index contributed by atoms with van der Waals surface area (Å²) in [5.41, 5.74) is -0.600. The zero-order chi connectivity index (χ0) is 13.3. The molecule has 1 N–H and O–H groups in total. The lowest BCUT2D eigenvalue weighted by Crippen LogP contribution is -2.23. The van der Waals surface area contributed by atoms with Crippen molar-refractivity contribution in [1.29, 1.82) is 0 Å². The minimum Gasteiger partial charge on any atom is -0.481 e. The molecule has 102 valence electrons. The maximum Gasteiger partial charge on any atom is 0.309 e. The van der Waals surface area contributed by atoms with E-state index in [0.29, 0.717) is 0 Å². The van der Waals surface area contributed by atoms with Crippen LogP contribution in [0.5, 0.6) is 0 Å². The molecule has 0 aliphatic heterocycles. The van der Waals surface area contributed by atoms with Crippen molar-refractivity contribution in [3.63, 3.8) is 0 Å². The zero-order valence-corrected chi connectivity index (χ0v) is 11.8. The first-order chi connectivity index (χ1) is 7.86. The first-order valence-electron chi connectivity index (χ1n) is 6.67. The molecule has 0 fully saturated rings. The number of carboxylic acids is 1. The Hall–Kier alpha value is -0.570. The summed E-state index contributed by atoms with van der Waals surface area (Å²) in [6.07, 6.45) is 4.93. The first-order valence-corrected chi connectivity index (χ1v) is 6.67. The Labute approximate surface area is 106 Å². The molecule has 0 amide bonds. The normalized spacial score (nSPS) is 12.1. The molecule has 0 spiro atoms. The molecular weight excluding hydrogens is 216 g/mol. The first kappa shape index (κ1) is 16.4. The summed E-state index contributed by atoms with van der Waals surface area (Å²) in [4.78, 5) is 10.9. The van der Waals surface area contributed by atoms with Gasteiger partial charge in [-0.2, -0.15) is 0 Å². The summed E-state index contributed by atoms with van der Waals surface area (Å²) < 4.78 is 5.51. The number of hydrogen-bond acceptors (Lipinski definition) is 2. The smallest absolute Gasteiger partial charge is 0.309 e. The highest BCUT2D eigenvalue weighted by atomic mass is 16.5. The summed E-state index contributed by atoms with van der Waals surface area (Å²) in [7, 11) is 0. The molecule has 0 aromatic heterocycles. The molecule has 0 rings (SSSR count). The van der Waals surface area contributed by atoms with E-state index in [0.717, 1.165) is 44.8 Å². The van der Waals surface area contributed by atoms with E-state index in [9.17, 15) is 4.79 Å². The maximum absolute atomic E-state index is 10.9. The van der Waals surface area contributed by atoms with Gasteiger partial charge in [-0.3, -0.25) is 4.79 Å². The number of carboxylic acid groups (broad SMARTS) is 1. The van der Waals surface area contributed by atoms with Crippen molar-refractivity contribution in [3.8, 4) is 0 Å². The molecule has 0 heterocycles. The van der Waals surface area contributed by atoms with Crippen molar-refractivity contribution in [2.45, 2.75) is 59.8 Å². The number of unbranched alkanes of at least 4 members (excludes halogenated alkanes) is 1. The standard InChI is InChI=1S/C14H28O3/c1-12(2)8-7-11-17-10-6-5-9-14(3,4)13(15)16/h12H,5-11H2,1-4H3,(H,15,16). The van der Waals surface area contributed by atoms with Crippen LogP contribution >= 0.6 is 0 Å². The van der Waals surface area contributed by atoms with E-state index in [2.05, 4.69) is 13.8 Å². The Balaban J connectivity index is 3.33. The van der Waals surface area contributed by atoms with E-state index in [1.54, 1.807) is 13.8 Å². The van der Waals surface area contributed by atoms with Gasteiger partial charge in [0.25, 0.3) is 0 Å². The fraction of sp³-hybridized carbons (Fsp3) is 0.929. The van der Waals surface area contributed by atoms with Crippen LogP contribution < -0.4 is 0 Å². The Bertz CT molecular complexity index is 210. The lowest BCUT2D eigenvalue weighted by atomic mass is 9.87. The average Bonchev–Trinajstić information content (AvgIpc) is 2.21. The van der Waals surface area contributed by atoms with Gasteiger partial charge in [-0.25, -0.2) is 0 Å². The minimum atomic E-state index is -0.713. The van der Waals surface area contributed by atoms with Crippen LogP contribution in [0.15, 0.2) is 0 Å². The topological polar surface area (TPSA) is 46.5 Å². The lowest BCUT2D eigenvalue weighted by Gasteiger charge is -2.18. The number of carbonyl (C=O) groups is 1. The molecule has 0 unspecified atom stereocenters. The largest absolute Gasteiger partial charge is 0.481 e. The summed E-state index contributed by atoms with van der Waals surface area (Å²) in [6.45, 7) is 9.58. The van der Waals surface area contributed by atoms with Crippen molar-refractivity contribution in [3.05, 3.63) is 0 Å². The third-order valence-electron chi connectivity index (χ3n) is 2.99. The third-order valence-corrected chi connectivity index (χ3v) is 2.99. The quantitative estimate of drug-likeness (QED) is 0.596. The van der Waals surface area contributed by atoms with Crippen molar-refractivity contribution < 1.29 is 14.6 Å². The van der Waals surface area contributed by atoms with Crippen molar-refractivity contribution >= 4 is 5.97 Å². The second-order valence-electron chi connectivity index (χ2n) is 5.79. The predicted octanol–water partition coefficient (Wildman–Crippen LogP) is 3.72. The van der Waals surface area contributed by atoms with Gasteiger partial charge in [0.1, 0.15) is 0 Å². The molecule has 0 atom stereocenters. The fourth-order valence-electron chi connectivity index (χ4n) is 1.57. The molecule has 0 saturated carbocycles. The molecule has 3 nitrogen and oxygen atoms in total. The van der Waals surface area contributed by atoms with E-state index in [-0.39, 0.29) is 0 Å². The highest BCUT2D eigenvalue weighted by molar-refractivity contribution is 5.73. The van der Waals surface area contributed by atoms with Crippen LogP contribution in [0.25, 0.3) is 0 Å². The SMILES string of the molecule is CC(C)CCCOCCCCC(C)(C)C(=O)O. The van der Waals surface area contributed by atoms with Gasteiger partial charge in [-0.05, 0) is 45.4 Å². The van der Waals surface area contributed by atoms with E-state index in [1.165, 1.54) is 6.42 Å². The van der Waals surface area contributed by atoms with E-state index in [1.807, 2.05) is 0 Å². The van der Waals surface area contributed by atoms with Crippen LogP contribution in [0.4, 0.5) is 0 Å². The van der Waals surface area contributed by atoms with Crippen LogP contribution in [-0.4, -0.2) is 24.3 Å². The van der Waals surface area contributed by atoms with E-state index >= 15 is 0 Å². The van der Waals surface area contributed by atoms with Gasteiger partial charge in [-0.15, -0.1) is 0 Å². The van der Waals surface area contributed by atoms with Gasteiger partial charge in [0.2, 0.25) is 0 Å². The zero-order valence-electron chi connectivity index (χ0n) is 11.8. The van der Waals surface area contributed by atoms with Gasteiger partial charge in [0, 0.05) is 13.2 Å². The number of aliphatic carboxylic acids is 1. The Morgan fingerprint density at radius 1 is 1.18 bits per heavy atom. The second-order valence-corrected chi connectivity index (χ2v) is 5.79. The maximum atomic E-state index is 10.9. The number of rotatable bonds is 10. The average molecular weight is 244 g/mol. The van der Waals surface area contributed by atoms with Crippen LogP contribution in [0, 0.1) is 11.3 Å². The predicted molar refractivity (Wildman–Crippen MR) is 70.2 cm³/mol. The van der Waals surface area contributed by atoms with E-state index in [4.69, 9.17) is 9.84 Å². The highest BCUT2D eigenvalue weighted by Crippen LogP contribution is 2.23. The summed E-state index contributed by atoms with van der Waals surface area (Å²) >= 11 is 0. The molecule has 0 radical (unpaired) electrons. The molecule has 0 aliphatic rings. The van der Waals surface area contributed by atoms with E-state index < -0.39 is 11.4 Å². The lowest BCUT2D eigenvalue weighted by molar-refractivity contribution is -0.147. The van der Waals surface area contributed by atoms with Crippen molar-refractivity contribution in [2.24, 2.45) is 11.3 Å². The van der Waals surface area contributed by atoms with Crippen LogP contribution in [-0.2, 0) is 9.53 Å². The summed E-state index contributed by atoms with van der Waals surface area (Å²) in [5, 5.41) is 8.93. The molecule has 0 saturated heterocycles. The van der Waals surface area contributed by atoms with Gasteiger partial charge < -0.3 is 9.84 Å². The summed E-state index contributed by atoms with van der Waals surface area (Å²) in [6, 6.07) is 0. The Kier molecular flexibility index (Phi) is 8.23. The Morgan fingerprint density at radius 2 is 1.76 bits per heavy atom. The monoisotopic (exact) mass is 244 g/mol. The van der Waals surface area contributed by atoms with Crippen LogP contribution in [0.2, 0.25) is 0 Å². The minimum absolute atomic E-state index is 0.600. The number of hydrogen-bond donors (Lipinski definition) is 1. The molecule has 3 heteroatoms. The third kappa shape index (κ3) is 9.16. The second kappa shape index (κ2) is 8.51. The molecule has 0 aromatic carbocycles. The van der Waals surface area contributed by atoms with Gasteiger partial charge in [0.05, 0.1) is 5.41 Å². The fourth-order valence-corrected chi connectivity index (χ4v) is 1.57. The molecular formula is C14H28O3. The van der Waals surface area contributed by atoms with Gasteiger partial charge in [0.15, 0.2) is 0 Å². The number of ether oxygens (including phenoxy) is 1. The van der Waals surface area contributed by atoms with Crippen LogP contribution in [0.3, 0.4) is 0 Å².